The number of hydrogen-bond donors (Lipinski definition) is 1. The molecule has 1 aromatic rings. The number of likely N-dealkylation sites (tertiary alicyclic amines) is 2. The smallest absolute Gasteiger partial charge is 0.244 e. The third-order valence-electron chi connectivity index (χ3n) is 6.54. The second kappa shape index (κ2) is 8.13. The number of thiophene rings is 1. The molecule has 1 unspecified atom stereocenters. The van der Waals surface area contributed by atoms with E-state index < -0.39 is 6.04 Å². The van der Waals surface area contributed by atoms with Gasteiger partial charge in [0.1, 0.15) is 6.04 Å². The number of piperidine rings is 1. The van der Waals surface area contributed by atoms with E-state index in [9.17, 15) is 9.59 Å². The zero-order valence-corrected chi connectivity index (χ0v) is 17.7. The Kier molecular flexibility index (Phi) is 5.76. The van der Waals surface area contributed by atoms with E-state index >= 15 is 0 Å². The highest BCUT2D eigenvalue weighted by Crippen LogP contribution is 2.44. The van der Waals surface area contributed by atoms with Crippen molar-refractivity contribution in [1.29, 1.82) is 0 Å². The molecule has 3 aliphatic rings. The van der Waals surface area contributed by atoms with Crippen molar-refractivity contribution in [3.05, 3.63) is 21.4 Å². The average Bonchev–Trinajstić information content (AvgIpc) is 3.11. The summed E-state index contributed by atoms with van der Waals surface area (Å²) in [6.07, 6.45) is 4.90. The van der Waals surface area contributed by atoms with Crippen LogP contribution in [0, 0.1) is 5.92 Å². The number of hydrogen-bond acceptors (Lipinski definition) is 5. The lowest BCUT2D eigenvalue weighted by molar-refractivity contribution is -0.141. The first-order valence-electron chi connectivity index (χ1n) is 10.5. The molecule has 4 heterocycles. The number of nitrogens with one attached hydrogen (secondary N) is 1. The lowest BCUT2D eigenvalue weighted by atomic mass is 9.82. The maximum atomic E-state index is 12.2. The molecule has 2 amide bonds. The molecule has 1 spiro atoms. The molecule has 0 radical (unpaired) electrons. The summed E-state index contributed by atoms with van der Waals surface area (Å²) in [7, 11) is 0. The summed E-state index contributed by atoms with van der Waals surface area (Å²) in [6.45, 7) is 9.59. The first kappa shape index (κ1) is 19.9. The molecule has 2 fully saturated rings. The highest BCUT2D eigenvalue weighted by atomic mass is 32.1. The summed E-state index contributed by atoms with van der Waals surface area (Å²) in [5.41, 5.74) is 1.41. The van der Waals surface area contributed by atoms with Crippen LogP contribution in [-0.2, 0) is 32.8 Å². The molecule has 6 nitrogen and oxygen atoms in total. The molecule has 0 saturated carbocycles. The number of nitrogens with zero attached hydrogens (tertiary/aromatic N) is 2. The normalized spacial score (nSPS) is 23.1. The van der Waals surface area contributed by atoms with Crippen molar-refractivity contribution in [2.45, 2.75) is 51.2 Å². The van der Waals surface area contributed by atoms with Crippen molar-refractivity contribution in [3.8, 4) is 0 Å². The van der Waals surface area contributed by atoms with Gasteiger partial charge in [-0.25, -0.2) is 0 Å². The van der Waals surface area contributed by atoms with Gasteiger partial charge in [-0.3, -0.25) is 9.59 Å². The van der Waals surface area contributed by atoms with Crippen LogP contribution in [0.5, 0.6) is 0 Å². The molecule has 0 bridgehead atoms. The van der Waals surface area contributed by atoms with Crippen LogP contribution in [-0.4, -0.2) is 67.5 Å². The van der Waals surface area contributed by atoms with E-state index in [0.29, 0.717) is 12.3 Å². The quantitative estimate of drug-likeness (QED) is 0.733. The second-order valence-electron chi connectivity index (χ2n) is 8.41. The fourth-order valence-electron chi connectivity index (χ4n) is 4.83. The Morgan fingerprint density at radius 1 is 1.43 bits per heavy atom. The lowest BCUT2D eigenvalue weighted by Gasteiger charge is -2.47. The number of aryl methyl sites for hydroxylation is 1. The minimum absolute atomic E-state index is 0.0215. The highest BCUT2D eigenvalue weighted by Gasteiger charge is 2.43. The van der Waals surface area contributed by atoms with Gasteiger partial charge in [-0.05, 0) is 37.8 Å². The van der Waals surface area contributed by atoms with Crippen molar-refractivity contribution in [2.75, 3.05) is 39.3 Å². The van der Waals surface area contributed by atoms with Crippen LogP contribution in [0.3, 0.4) is 0 Å². The fraction of sp³-hybridized carbons (Fsp3) is 0.714. The Morgan fingerprint density at radius 3 is 2.86 bits per heavy atom. The van der Waals surface area contributed by atoms with Gasteiger partial charge >= 0.3 is 0 Å². The van der Waals surface area contributed by atoms with Crippen LogP contribution in [0.25, 0.3) is 0 Å². The summed E-state index contributed by atoms with van der Waals surface area (Å²) in [5, 5.41) is 2.54. The molecule has 1 N–H and O–H groups in total. The predicted molar refractivity (Wildman–Crippen MR) is 109 cm³/mol. The molecule has 154 valence electrons. The van der Waals surface area contributed by atoms with Gasteiger partial charge in [-0.1, -0.05) is 6.92 Å². The number of carbonyl (C=O) groups is 2. The van der Waals surface area contributed by atoms with Crippen molar-refractivity contribution < 1.29 is 14.3 Å². The molecule has 0 aromatic carbocycles. The Hall–Kier alpha value is -1.44. The van der Waals surface area contributed by atoms with Crippen molar-refractivity contribution in [2.24, 2.45) is 5.92 Å². The van der Waals surface area contributed by atoms with E-state index in [1.54, 1.807) is 11.8 Å². The molecule has 7 heteroatoms. The molecule has 0 aliphatic carbocycles. The minimum Gasteiger partial charge on any atom is -0.370 e. The maximum absolute atomic E-state index is 12.2. The number of rotatable bonds is 6. The number of amides is 2. The summed E-state index contributed by atoms with van der Waals surface area (Å²) in [5.74, 6) is 0.561. The maximum Gasteiger partial charge on any atom is 0.244 e. The van der Waals surface area contributed by atoms with Gasteiger partial charge < -0.3 is 19.9 Å². The topological polar surface area (TPSA) is 61.9 Å². The van der Waals surface area contributed by atoms with E-state index in [-0.39, 0.29) is 11.5 Å². The summed E-state index contributed by atoms with van der Waals surface area (Å²) in [4.78, 5) is 30.1. The van der Waals surface area contributed by atoms with Gasteiger partial charge in [0.15, 0.2) is 0 Å². The Bertz CT molecular complexity index is 720. The Morgan fingerprint density at radius 2 is 2.18 bits per heavy atom. The van der Waals surface area contributed by atoms with Crippen LogP contribution in [0.15, 0.2) is 6.07 Å². The van der Waals surface area contributed by atoms with E-state index in [4.69, 9.17) is 4.74 Å². The Balaban J connectivity index is 1.28. The summed E-state index contributed by atoms with van der Waals surface area (Å²) < 4.78 is 6.37. The van der Waals surface area contributed by atoms with Crippen LogP contribution in [0.2, 0.25) is 0 Å². The highest BCUT2D eigenvalue weighted by molar-refractivity contribution is 7.12. The molecule has 3 aliphatic heterocycles. The van der Waals surface area contributed by atoms with Crippen LogP contribution in [0.4, 0.5) is 0 Å². The first-order valence-corrected chi connectivity index (χ1v) is 11.3. The standard InChI is InChI=1S/C21H31N3O3S/c1-3-17-10-18-19(28-17)4-9-27-21(18)5-7-23(8-6-21)11-16-12-24(13-16)20(26)15(2)22-14-25/h10,14-16H,3-9,11-13H2,1-2H3,(H,22,25). The van der Waals surface area contributed by atoms with E-state index in [1.165, 1.54) is 10.4 Å². The van der Waals surface area contributed by atoms with Gasteiger partial charge in [0.25, 0.3) is 0 Å². The minimum atomic E-state index is -0.426. The van der Waals surface area contributed by atoms with Gasteiger partial charge in [0.05, 0.1) is 12.2 Å². The van der Waals surface area contributed by atoms with Gasteiger partial charge in [-0.15, -0.1) is 11.3 Å². The molecular weight excluding hydrogens is 374 g/mol. The zero-order valence-electron chi connectivity index (χ0n) is 16.9. The number of ether oxygens (including phenoxy) is 1. The fourth-order valence-corrected chi connectivity index (χ4v) is 6.01. The van der Waals surface area contributed by atoms with Crippen LogP contribution < -0.4 is 5.32 Å². The van der Waals surface area contributed by atoms with Crippen LogP contribution in [0.1, 0.15) is 42.0 Å². The molecule has 28 heavy (non-hydrogen) atoms. The second-order valence-corrected chi connectivity index (χ2v) is 9.63. The van der Waals surface area contributed by atoms with Crippen molar-refractivity contribution in [3.63, 3.8) is 0 Å². The monoisotopic (exact) mass is 405 g/mol. The third-order valence-corrected chi connectivity index (χ3v) is 7.88. The summed E-state index contributed by atoms with van der Waals surface area (Å²) in [6, 6.07) is 1.98. The van der Waals surface area contributed by atoms with Gasteiger partial charge in [0, 0.05) is 54.8 Å². The largest absolute Gasteiger partial charge is 0.370 e. The lowest BCUT2D eigenvalue weighted by Crippen LogP contribution is -2.58. The SMILES string of the molecule is CCc1cc2c(s1)CCOC21CCN(CC2CN(C(=O)C(C)NC=O)C2)CC1. The van der Waals surface area contributed by atoms with Gasteiger partial charge in [0.2, 0.25) is 12.3 Å². The molecular formula is C21H31N3O3S. The van der Waals surface area contributed by atoms with Crippen molar-refractivity contribution in [1.82, 2.24) is 15.1 Å². The summed E-state index contributed by atoms with van der Waals surface area (Å²) >= 11 is 1.98. The Labute approximate surface area is 171 Å². The average molecular weight is 406 g/mol. The van der Waals surface area contributed by atoms with E-state index in [0.717, 1.165) is 65.0 Å². The van der Waals surface area contributed by atoms with Crippen molar-refractivity contribution >= 4 is 23.7 Å². The molecule has 2 saturated heterocycles. The first-order chi connectivity index (χ1) is 13.5. The number of fused-ring (bicyclic) bond motifs is 2. The molecule has 1 atom stereocenters. The van der Waals surface area contributed by atoms with E-state index in [2.05, 4.69) is 23.2 Å². The third kappa shape index (κ3) is 3.72. The molecule has 1 aromatic heterocycles. The number of carbonyl (C=O) groups excluding carboxylic acids is 2. The zero-order chi connectivity index (χ0) is 19.7. The van der Waals surface area contributed by atoms with E-state index in [1.807, 2.05) is 16.2 Å². The van der Waals surface area contributed by atoms with Crippen LogP contribution >= 0.6 is 11.3 Å². The molecule has 4 rings (SSSR count). The predicted octanol–water partition coefficient (Wildman–Crippen LogP) is 1.77. The van der Waals surface area contributed by atoms with Gasteiger partial charge in [-0.2, -0.15) is 0 Å².